The smallest absolute Gasteiger partial charge is 0.256 e. The van der Waals surface area contributed by atoms with E-state index < -0.39 is 0 Å². The molecule has 128 valence electrons. The third-order valence-electron chi connectivity index (χ3n) is 3.75. The van der Waals surface area contributed by atoms with E-state index in [0.717, 1.165) is 11.4 Å². The Labute approximate surface area is 149 Å². The number of benzene rings is 1. The first-order valence-corrected chi connectivity index (χ1v) is 7.95. The standard InChI is InChI=1S/C18H15N7O/c1-12-5-6-15(24-23-12)21-14-4-2-3-13(9-14)18(26)22-17-11-20-16-10-19-7-8-25(16)17/h2-11H,1H3,(H,21,24)(H,22,26). The number of hydrogen-bond donors (Lipinski definition) is 2. The van der Waals surface area contributed by atoms with Gasteiger partial charge < -0.3 is 10.6 Å². The van der Waals surface area contributed by atoms with Crippen LogP contribution in [0.2, 0.25) is 0 Å². The van der Waals surface area contributed by atoms with Crippen molar-refractivity contribution in [2.24, 2.45) is 0 Å². The van der Waals surface area contributed by atoms with E-state index in [0.29, 0.717) is 22.8 Å². The number of hydrogen-bond acceptors (Lipinski definition) is 6. The van der Waals surface area contributed by atoms with Gasteiger partial charge in [-0.1, -0.05) is 6.07 Å². The fourth-order valence-electron chi connectivity index (χ4n) is 2.47. The molecule has 0 spiro atoms. The van der Waals surface area contributed by atoms with Crippen molar-refractivity contribution in [2.75, 3.05) is 10.6 Å². The maximum atomic E-state index is 12.6. The molecule has 2 N–H and O–H groups in total. The maximum absolute atomic E-state index is 12.6. The third kappa shape index (κ3) is 3.20. The van der Waals surface area contributed by atoms with Gasteiger partial charge in [-0.15, -0.1) is 5.10 Å². The summed E-state index contributed by atoms with van der Waals surface area (Å²) < 4.78 is 1.76. The van der Waals surface area contributed by atoms with Crippen molar-refractivity contribution in [3.63, 3.8) is 0 Å². The van der Waals surface area contributed by atoms with Crippen LogP contribution in [-0.2, 0) is 0 Å². The highest BCUT2D eigenvalue weighted by Gasteiger charge is 2.10. The summed E-state index contributed by atoms with van der Waals surface area (Å²) in [7, 11) is 0. The average molecular weight is 345 g/mol. The first kappa shape index (κ1) is 15.7. The Kier molecular flexibility index (Phi) is 3.98. The Hall–Kier alpha value is -3.81. The van der Waals surface area contributed by atoms with Gasteiger partial charge in [-0.05, 0) is 37.3 Å². The summed E-state index contributed by atoms with van der Waals surface area (Å²) in [6, 6.07) is 10.9. The number of nitrogens with zero attached hydrogens (tertiary/aromatic N) is 5. The highest BCUT2D eigenvalue weighted by atomic mass is 16.1. The Bertz CT molecular complexity index is 1070. The highest BCUT2D eigenvalue weighted by molar-refractivity contribution is 6.04. The molecular formula is C18H15N7O. The Balaban J connectivity index is 1.54. The molecule has 8 heteroatoms. The second-order valence-electron chi connectivity index (χ2n) is 5.67. The van der Waals surface area contributed by atoms with Gasteiger partial charge in [0.25, 0.3) is 5.91 Å². The van der Waals surface area contributed by atoms with Gasteiger partial charge in [-0.2, -0.15) is 5.10 Å². The summed E-state index contributed by atoms with van der Waals surface area (Å²) in [6.07, 6.45) is 6.60. The minimum Gasteiger partial charge on any atom is -0.339 e. The molecule has 1 aromatic carbocycles. The lowest BCUT2D eigenvalue weighted by molar-refractivity contribution is 0.102. The summed E-state index contributed by atoms with van der Waals surface area (Å²) in [5.74, 6) is 0.958. The third-order valence-corrected chi connectivity index (χ3v) is 3.75. The number of rotatable bonds is 4. The summed E-state index contributed by atoms with van der Waals surface area (Å²) in [5, 5.41) is 14.1. The minimum absolute atomic E-state index is 0.234. The van der Waals surface area contributed by atoms with Crippen molar-refractivity contribution in [1.82, 2.24) is 24.6 Å². The van der Waals surface area contributed by atoms with Gasteiger partial charge in [0.15, 0.2) is 11.5 Å². The van der Waals surface area contributed by atoms with E-state index in [-0.39, 0.29) is 5.91 Å². The van der Waals surface area contributed by atoms with Gasteiger partial charge in [0.1, 0.15) is 5.82 Å². The van der Waals surface area contributed by atoms with Crippen LogP contribution in [0, 0.1) is 6.92 Å². The van der Waals surface area contributed by atoms with Crippen molar-refractivity contribution < 1.29 is 4.79 Å². The Morgan fingerprint density at radius 1 is 1.12 bits per heavy atom. The number of carbonyl (C=O) groups is 1. The largest absolute Gasteiger partial charge is 0.339 e. The van der Waals surface area contributed by atoms with E-state index in [1.165, 1.54) is 0 Å². The SMILES string of the molecule is Cc1ccc(Nc2cccc(C(=O)Nc3cnc4cnccn34)c2)nn1. The van der Waals surface area contributed by atoms with Crippen LogP contribution in [0.4, 0.5) is 17.3 Å². The molecular weight excluding hydrogens is 330 g/mol. The molecule has 3 aromatic heterocycles. The molecule has 3 heterocycles. The number of imidazole rings is 1. The van der Waals surface area contributed by atoms with Crippen LogP contribution in [0.5, 0.6) is 0 Å². The molecule has 1 amide bonds. The number of amides is 1. The van der Waals surface area contributed by atoms with Crippen molar-refractivity contribution >= 4 is 28.9 Å². The van der Waals surface area contributed by atoms with Gasteiger partial charge >= 0.3 is 0 Å². The first-order valence-electron chi connectivity index (χ1n) is 7.95. The number of carbonyl (C=O) groups excluding carboxylic acids is 1. The quantitative estimate of drug-likeness (QED) is 0.590. The molecule has 4 rings (SSSR count). The molecule has 8 nitrogen and oxygen atoms in total. The molecule has 0 bridgehead atoms. The predicted molar refractivity (Wildman–Crippen MR) is 97.4 cm³/mol. The lowest BCUT2D eigenvalue weighted by atomic mass is 10.2. The lowest BCUT2D eigenvalue weighted by Crippen LogP contribution is -2.13. The number of aryl methyl sites for hydroxylation is 1. The molecule has 0 saturated carbocycles. The van der Waals surface area contributed by atoms with E-state index in [4.69, 9.17) is 0 Å². The second kappa shape index (κ2) is 6.60. The Morgan fingerprint density at radius 2 is 2.04 bits per heavy atom. The average Bonchev–Trinajstić information content (AvgIpc) is 3.07. The number of fused-ring (bicyclic) bond motifs is 1. The molecule has 0 fully saturated rings. The van der Waals surface area contributed by atoms with E-state index in [2.05, 4.69) is 30.8 Å². The molecule has 26 heavy (non-hydrogen) atoms. The van der Waals surface area contributed by atoms with E-state index >= 15 is 0 Å². The Morgan fingerprint density at radius 3 is 2.88 bits per heavy atom. The van der Waals surface area contributed by atoms with Crippen molar-refractivity contribution in [2.45, 2.75) is 6.92 Å². The van der Waals surface area contributed by atoms with Crippen LogP contribution in [0.25, 0.3) is 5.65 Å². The lowest BCUT2D eigenvalue weighted by Gasteiger charge is -2.08. The zero-order valence-corrected chi connectivity index (χ0v) is 13.9. The maximum Gasteiger partial charge on any atom is 0.256 e. The van der Waals surface area contributed by atoms with Gasteiger partial charge in [0.2, 0.25) is 0 Å². The molecule has 0 saturated heterocycles. The normalized spacial score (nSPS) is 10.7. The molecule has 0 unspecified atom stereocenters. The predicted octanol–water partition coefficient (Wildman–Crippen LogP) is 2.82. The summed E-state index contributed by atoms with van der Waals surface area (Å²) in [5.41, 5.74) is 2.76. The zero-order valence-electron chi connectivity index (χ0n) is 13.9. The van der Waals surface area contributed by atoms with Crippen LogP contribution >= 0.6 is 0 Å². The van der Waals surface area contributed by atoms with Crippen LogP contribution in [0.1, 0.15) is 16.1 Å². The number of anilines is 3. The number of aromatic nitrogens is 5. The number of nitrogens with one attached hydrogen (secondary N) is 2. The van der Waals surface area contributed by atoms with Gasteiger partial charge in [0, 0.05) is 23.6 Å². The second-order valence-corrected chi connectivity index (χ2v) is 5.67. The van der Waals surface area contributed by atoms with Crippen LogP contribution < -0.4 is 10.6 Å². The molecule has 0 aliphatic rings. The van der Waals surface area contributed by atoms with E-state index in [1.54, 1.807) is 47.4 Å². The fraction of sp³-hybridized carbons (Fsp3) is 0.0556. The summed E-state index contributed by atoms with van der Waals surface area (Å²) in [4.78, 5) is 20.8. The summed E-state index contributed by atoms with van der Waals surface area (Å²) >= 11 is 0. The fourth-order valence-corrected chi connectivity index (χ4v) is 2.47. The van der Waals surface area contributed by atoms with Crippen LogP contribution in [0.15, 0.2) is 61.2 Å². The van der Waals surface area contributed by atoms with Crippen LogP contribution in [0.3, 0.4) is 0 Å². The van der Waals surface area contributed by atoms with Gasteiger partial charge in [0.05, 0.1) is 18.1 Å². The minimum atomic E-state index is -0.234. The molecule has 4 aromatic rings. The highest BCUT2D eigenvalue weighted by Crippen LogP contribution is 2.17. The topological polar surface area (TPSA) is 97.1 Å². The summed E-state index contributed by atoms with van der Waals surface area (Å²) in [6.45, 7) is 1.87. The molecule has 0 aliphatic carbocycles. The zero-order chi connectivity index (χ0) is 17.9. The monoisotopic (exact) mass is 345 g/mol. The van der Waals surface area contributed by atoms with Gasteiger partial charge in [-0.25, -0.2) is 4.98 Å². The molecule has 0 atom stereocenters. The molecule has 0 aliphatic heterocycles. The van der Waals surface area contributed by atoms with Gasteiger partial charge in [-0.3, -0.25) is 14.2 Å². The van der Waals surface area contributed by atoms with Crippen molar-refractivity contribution in [3.05, 3.63) is 72.4 Å². The molecule has 0 radical (unpaired) electrons. The van der Waals surface area contributed by atoms with Crippen molar-refractivity contribution in [1.29, 1.82) is 0 Å². The first-order chi connectivity index (χ1) is 12.7. The van der Waals surface area contributed by atoms with E-state index in [1.807, 2.05) is 25.1 Å². The van der Waals surface area contributed by atoms with Crippen LogP contribution in [-0.4, -0.2) is 30.5 Å². The van der Waals surface area contributed by atoms with E-state index in [9.17, 15) is 4.79 Å². The van der Waals surface area contributed by atoms with Crippen molar-refractivity contribution in [3.8, 4) is 0 Å².